The number of halogens is 1. The van der Waals surface area contributed by atoms with Gasteiger partial charge in [0.05, 0.1) is 0 Å². The summed E-state index contributed by atoms with van der Waals surface area (Å²) in [6, 6.07) is 7.71. The van der Waals surface area contributed by atoms with Crippen molar-refractivity contribution < 1.29 is 5.11 Å². The lowest BCUT2D eigenvalue weighted by molar-refractivity contribution is 0.266. The van der Waals surface area contributed by atoms with E-state index < -0.39 is 0 Å². The van der Waals surface area contributed by atoms with Gasteiger partial charge < -0.3 is 9.67 Å². The lowest BCUT2D eigenvalue weighted by Crippen LogP contribution is -1.98. The minimum Gasteiger partial charge on any atom is -0.388 e. The van der Waals surface area contributed by atoms with E-state index in [9.17, 15) is 0 Å². The fourth-order valence-electron chi connectivity index (χ4n) is 1.34. The number of hydrogen-bond donors (Lipinski definition) is 1. The average molecular weight is 270 g/mol. The second kappa shape index (κ2) is 5.53. The van der Waals surface area contributed by atoms with Crippen molar-refractivity contribution >= 4 is 23.4 Å². The number of thioether (sulfide) groups is 1. The molecule has 17 heavy (non-hydrogen) atoms. The quantitative estimate of drug-likeness (QED) is 0.865. The molecule has 1 heterocycles. The van der Waals surface area contributed by atoms with Crippen molar-refractivity contribution in [1.82, 2.24) is 14.8 Å². The van der Waals surface area contributed by atoms with Crippen LogP contribution in [0.4, 0.5) is 0 Å². The minimum atomic E-state index is -0.0923. The molecule has 6 heteroatoms. The summed E-state index contributed by atoms with van der Waals surface area (Å²) in [5.41, 5.74) is 1.17. The Balaban J connectivity index is 2.02. The number of rotatable bonds is 4. The third-order valence-corrected chi connectivity index (χ3v) is 3.69. The van der Waals surface area contributed by atoms with Gasteiger partial charge in [-0.2, -0.15) is 0 Å². The summed E-state index contributed by atoms with van der Waals surface area (Å²) in [5, 5.41) is 18.4. The Morgan fingerprint density at radius 3 is 2.59 bits per heavy atom. The molecule has 0 fully saturated rings. The summed E-state index contributed by atoms with van der Waals surface area (Å²) >= 11 is 7.39. The Hall–Kier alpha value is -1.04. The maximum Gasteiger partial charge on any atom is 0.191 e. The minimum absolute atomic E-state index is 0.0923. The summed E-state index contributed by atoms with van der Waals surface area (Å²) in [6.45, 7) is -0.0923. The highest BCUT2D eigenvalue weighted by Crippen LogP contribution is 2.21. The van der Waals surface area contributed by atoms with Crippen molar-refractivity contribution in [1.29, 1.82) is 0 Å². The largest absolute Gasteiger partial charge is 0.388 e. The van der Waals surface area contributed by atoms with Gasteiger partial charge >= 0.3 is 0 Å². The van der Waals surface area contributed by atoms with E-state index in [4.69, 9.17) is 16.7 Å². The van der Waals surface area contributed by atoms with Crippen molar-refractivity contribution in [2.24, 2.45) is 7.05 Å². The van der Waals surface area contributed by atoms with Gasteiger partial charge in [0.1, 0.15) is 6.61 Å². The number of aliphatic hydroxyl groups excluding tert-OH is 1. The second-order valence-corrected chi connectivity index (χ2v) is 4.91. The van der Waals surface area contributed by atoms with Crippen LogP contribution in [0, 0.1) is 0 Å². The van der Waals surface area contributed by atoms with Crippen molar-refractivity contribution in [2.45, 2.75) is 17.5 Å². The Bertz CT molecular complexity index is 498. The maximum absolute atomic E-state index is 9.00. The molecule has 0 spiro atoms. The van der Waals surface area contributed by atoms with Gasteiger partial charge in [-0.25, -0.2) is 0 Å². The van der Waals surface area contributed by atoms with Crippen LogP contribution in [0.1, 0.15) is 11.4 Å². The molecule has 0 amide bonds. The highest BCUT2D eigenvalue weighted by atomic mass is 35.5. The molecule has 0 aliphatic rings. The van der Waals surface area contributed by atoms with Gasteiger partial charge in [-0.3, -0.25) is 0 Å². The predicted octanol–water partition coefficient (Wildman–Crippen LogP) is 2.25. The fraction of sp³-hybridized carbons (Fsp3) is 0.273. The third kappa shape index (κ3) is 3.00. The van der Waals surface area contributed by atoms with Gasteiger partial charge in [0, 0.05) is 17.8 Å². The molecule has 1 aromatic carbocycles. The normalized spacial score (nSPS) is 10.8. The van der Waals surface area contributed by atoms with Crippen LogP contribution in [0.5, 0.6) is 0 Å². The standard InChI is InChI=1S/C11H12ClN3OS/c1-15-10(6-16)13-14-11(15)17-7-8-2-4-9(12)5-3-8/h2-5,16H,6-7H2,1H3. The molecule has 90 valence electrons. The molecular weight excluding hydrogens is 258 g/mol. The van der Waals surface area contributed by atoms with Crippen LogP contribution in [0.2, 0.25) is 5.02 Å². The van der Waals surface area contributed by atoms with Gasteiger partial charge in [0.25, 0.3) is 0 Å². The summed E-state index contributed by atoms with van der Waals surface area (Å²) in [6.07, 6.45) is 0. The number of nitrogens with zero attached hydrogens (tertiary/aromatic N) is 3. The summed E-state index contributed by atoms with van der Waals surface area (Å²) in [7, 11) is 1.84. The van der Waals surface area contributed by atoms with Crippen LogP contribution in [0.15, 0.2) is 29.4 Å². The van der Waals surface area contributed by atoms with E-state index in [0.29, 0.717) is 5.82 Å². The molecule has 0 bridgehead atoms. The van der Waals surface area contributed by atoms with Crippen LogP contribution in [-0.4, -0.2) is 19.9 Å². The first kappa shape index (κ1) is 12.4. The monoisotopic (exact) mass is 269 g/mol. The van der Waals surface area contributed by atoms with Gasteiger partial charge in [-0.1, -0.05) is 35.5 Å². The molecule has 1 N–H and O–H groups in total. The Labute approximate surface area is 109 Å². The highest BCUT2D eigenvalue weighted by Gasteiger charge is 2.07. The topological polar surface area (TPSA) is 50.9 Å². The van der Waals surface area contributed by atoms with Crippen molar-refractivity contribution in [3.05, 3.63) is 40.7 Å². The first-order valence-electron chi connectivity index (χ1n) is 5.07. The van der Waals surface area contributed by atoms with Gasteiger partial charge in [0.2, 0.25) is 0 Å². The molecule has 0 radical (unpaired) electrons. The van der Waals surface area contributed by atoms with Gasteiger partial charge in [-0.15, -0.1) is 10.2 Å². The van der Waals surface area contributed by atoms with Crippen molar-refractivity contribution in [3.8, 4) is 0 Å². The average Bonchev–Trinajstić information content (AvgIpc) is 2.69. The van der Waals surface area contributed by atoms with Crippen LogP contribution in [-0.2, 0) is 19.4 Å². The van der Waals surface area contributed by atoms with E-state index in [2.05, 4.69) is 10.2 Å². The lowest BCUT2D eigenvalue weighted by Gasteiger charge is -2.02. The SMILES string of the molecule is Cn1c(CO)nnc1SCc1ccc(Cl)cc1. The maximum atomic E-state index is 9.00. The summed E-state index contributed by atoms with van der Waals surface area (Å²) in [4.78, 5) is 0. The molecule has 0 saturated carbocycles. The smallest absolute Gasteiger partial charge is 0.191 e. The highest BCUT2D eigenvalue weighted by molar-refractivity contribution is 7.98. The van der Waals surface area contributed by atoms with Crippen LogP contribution in [0.3, 0.4) is 0 Å². The molecule has 0 aliphatic heterocycles. The predicted molar refractivity (Wildman–Crippen MR) is 67.9 cm³/mol. The summed E-state index contributed by atoms with van der Waals surface area (Å²) in [5.74, 6) is 1.37. The molecule has 2 aromatic rings. The van der Waals surface area contributed by atoms with E-state index in [0.717, 1.165) is 15.9 Å². The van der Waals surface area contributed by atoms with E-state index in [1.807, 2.05) is 31.3 Å². The van der Waals surface area contributed by atoms with E-state index in [1.54, 1.807) is 16.3 Å². The number of benzene rings is 1. The summed E-state index contributed by atoms with van der Waals surface area (Å²) < 4.78 is 1.79. The molecule has 0 atom stereocenters. The van der Waals surface area contributed by atoms with E-state index in [-0.39, 0.29) is 6.61 Å². The van der Waals surface area contributed by atoms with Gasteiger partial charge in [0.15, 0.2) is 11.0 Å². The molecule has 0 aliphatic carbocycles. The first-order chi connectivity index (χ1) is 8.20. The molecule has 0 saturated heterocycles. The first-order valence-corrected chi connectivity index (χ1v) is 6.43. The number of aromatic nitrogens is 3. The van der Waals surface area contributed by atoms with Crippen molar-refractivity contribution in [2.75, 3.05) is 0 Å². The van der Waals surface area contributed by atoms with E-state index >= 15 is 0 Å². The zero-order chi connectivity index (χ0) is 12.3. The zero-order valence-corrected chi connectivity index (χ0v) is 10.9. The zero-order valence-electron chi connectivity index (χ0n) is 9.30. The van der Waals surface area contributed by atoms with Gasteiger partial charge in [-0.05, 0) is 17.7 Å². The van der Waals surface area contributed by atoms with Crippen molar-refractivity contribution in [3.63, 3.8) is 0 Å². The third-order valence-electron chi connectivity index (χ3n) is 2.35. The second-order valence-electron chi connectivity index (χ2n) is 3.53. The molecule has 1 aromatic heterocycles. The van der Waals surface area contributed by atoms with E-state index in [1.165, 1.54) is 5.56 Å². The Morgan fingerprint density at radius 1 is 1.29 bits per heavy atom. The number of aliphatic hydroxyl groups is 1. The molecule has 0 unspecified atom stereocenters. The fourth-order valence-corrected chi connectivity index (χ4v) is 2.35. The number of hydrogen-bond acceptors (Lipinski definition) is 4. The molecule has 4 nitrogen and oxygen atoms in total. The molecule has 2 rings (SSSR count). The Kier molecular flexibility index (Phi) is 4.04. The van der Waals surface area contributed by atoms with Crippen LogP contribution < -0.4 is 0 Å². The molecular formula is C11H12ClN3OS. The van der Waals surface area contributed by atoms with Crippen LogP contribution in [0.25, 0.3) is 0 Å². The Morgan fingerprint density at radius 2 is 2.00 bits per heavy atom. The van der Waals surface area contributed by atoms with Crippen LogP contribution >= 0.6 is 23.4 Å². The lowest BCUT2D eigenvalue weighted by atomic mass is 10.2.